The first kappa shape index (κ1) is 15.8. The van der Waals surface area contributed by atoms with Crippen molar-refractivity contribution in [1.29, 1.82) is 0 Å². The third-order valence-corrected chi connectivity index (χ3v) is 2.90. The first-order valence-electron chi connectivity index (χ1n) is 6.86. The van der Waals surface area contributed by atoms with Gasteiger partial charge in [-0.1, -0.05) is 6.07 Å². The second kappa shape index (κ2) is 5.67. The maximum atomic E-state index is 11.7. The highest BCUT2D eigenvalue weighted by Crippen LogP contribution is 2.21. The molecule has 0 atom stereocenters. The molecule has 2 rings (SSSR count). The smallest absolute Gasteiger partial charge is 0.407 e. The molecule has 2 aromatic rings. The number of alkyl carbamates (subject to hydrolysis) is 1. The SMILES string of the molecule is Cc1nc2c(CNC(=O)OC(C)(C)C)ccc(C(=O)O)c2[nH]1. The lowest BCUT2D eigenvalue weighted by Crippen LogP contribution is -2.32. The lowest BCUT2D eigenvalue weighted by molar-refractivity contribution is 0.0523. The number of fused-ring (bicyclic) bond motifs is 1. The Labute approximate surface area is 127 Å². The van der Waals surface area contributed by atoms with Crippen LogP contribution in [0.2, 0.25) is 0 Å². The highest BCUT2D eigenvalue weighted by atomic mass is 16.6. The zero-order valence-corrected chi connectivity index (χ0v) is 13.0. The molecule has 0 aliphatic carbocycles. The van der Waals surface area contributed by atoms with Crippen molar-refractivity contribution in [3.05, 3.63) is 29.1 Å². The Morgan fingerprint density at radius 1 is 1.36 bits per heavy atom. The van der Waals surface area contributed by atoms with E-state index >= 15 is 0 Å². The van der Waals surface area contributed by atoms with Gasteiger partial charge in [0.2, 0.25) is 0 Å². The van der Waals surface area contributed by atoms with Gasteiger partial charge in [0.15, 0.2) is 0 Å². The Kier molecular flexibility index (Phi) is 4.07. The summed E-state index contributed by atoms with van der Waals surface area (Å²) in [5.74, 6) is -0.414. The number of nitrogens with zero attached hydrogens (tertiary/aromatic N) is 1. The number of aromatic carboxylic acids is 1. The Morgan fingerprint density at radius 3 is 2.64 bits per heavy atom. The van der Waals surface area contributed by atoms with E-state index in [9.17, 15) is 14.7 Å². The van der Waals surface area contributed by atoms with Crippen LogP contribution < -0.4 is 5.32 Å². The number of carbonyl (C=O) groups is 2. The van der Waals surface area contributed by atoms with E-state index in [1.54, 1.807) is 33.8 Å². The molecular weight excluding hydrogens is 286 g/mol. The number of imidazole rings is 1. The molecule has 1 amide bonds. The molecule has 7 heteroatoms. The van der Waals surface area contributed by atoms with Gasteiger partial charge in [-0.2, -0.15) is 0 Å². The average Bonchev–Trinajstić information content (AvgIpc) is 2.74. The molecule has 0 fully saturated rings. The average molecular weight is 305 g/mol. The zero-order valence-electron chi connectivity index (χ0n) is 13.0. The van der Waals surface area contributed by atoms with Crippen molar-refractivity contribution in [1.82, 2.24) is 15.3 Å². The van der Waals surface area contributed by atoms with Gasteiger partial charge < -0.3 is 20.1 Å². The second-order valence-corrected chi connectivity index (χ2v) is 5.98. The lowest BCUT2D eigenvalue weighted by atomic mass is 10.1. The number of carboxylic acids is 1. The molecule has 22 heavy (non-hydrogen) atoms. The number of ether oxygens (including phenoxy) is 1. The minimum Gasteiger partial charge on any atom is -0.478 e. The predicted molar refractivity (Wildman–Crippen MR) is 80.9 cm³/mol. The van der Waals surface area contributed by atoms with Crippen molar-refractivity contribution < 1.29 is 19.4 Å². The summed E-state index contributed by atoms with van der Waals surface area (Å²) in [6.45, 7) is 7.29. The van der Waals surface area contributed by atoms with Crippen molar-refractivity contribution in [2.45, 2.75) is 39.8 Å². The molecule has 1 aromatic heterocycles. The summed E-state index contributed by atoms with van der Waals surface area (Å²) < 4.78 is 5.17. The van der Waals surface area contributed by atoms with Gasteiger partial charge in [0.25, 0.3) is 0 Å². The van der Waals surface area contributed by atoms with E-state index in [1.807, 2.05) is 0 Å². The van der Waals surface area contributed by atoms with Crippen LogP contribution in [0.1, 0.15) is 42.5 Å². The van der Waals surface area contributed by atoms with E-state index in [0.717, 1.165) is 5.56 Å². The molecule has 0 aliphatic rings. The van der Waals surface area contributed by atoms with E-state index in [-0.39, 0.29) is 12.1 Å². The number of H-pyrrole nitrogens is 1. The molecule has 1 heterocycles. The third-order valence-electron chi connectivity index (χ3n) is 2.90. The van der Waals surface area contributed by atoms with Gasteiger partial charge in [-0.25, -0.2) is 14.6 Å². The fourth-order valence-corrected chi connectivity index (χ4v) is 2.07. The number of carboxylic acid groups (broad SMARTS) is 1. The van der Waals surface area contributed by atoms with E-state index < -0.39 is 17.7 Å². The normalized spacial score (nSPS) is 11.5. The maximum absolute atomic E-state index is 11.7. The van der Waals surface area contributed by atoms with E-state index in [0.29, 0.717) is 16.9 Å². The van der Waals surface area contributed by atoms with Crippen molar-refractivity contribution in [3.8, 4) is 0 Å². The van der Waals surface area contributed by atoms with Crippen molar-refractivity contribution >= 4 is 23.1 Å². The number of nitrogens with one attached hydrogen (secondary N) is 2. The largest absolute Gasteiger partial charge is 0.478 e. The number of aryl methyl sites for hydroxylation is 1. The number of hydrogen-bond acceptors (Lipinski definition) is 4. The lowest BCUT2D eigenvalue weighted by Gasteiger charge is -2.19. The summed E-state index contributed by atoms with van der Waals surface area (Å²) in [5, 5.41) is 11.8. The maximum Gasteiger partial charge on any atom is 0.407 e. The van der Waals surface area contributed by atoms with Crippen LogP contribution in [-0.4, -0.2) is 32.7 Å². The molecule has 7 nitrogen and oxygen atoms in total. The minimum absolute atomic E-state index is 0.150. The van der Waals surface area contributed by atoms with Crippen LogP contribution in [0.15, 0.2) is 12.1 Å². The molecule has 0 saturated carbocycles. The van der Waals surface area contributed by atoms with Crippen LogP contribution >= 0.6 is 0 Å². The molecule has 0 aliphatic heterocycles. The number of rotatable bonds is 3. The van der Waals surface area contributed by atoms with Crippen LogP contribution in [-0.2, 0) is 11.3 Å². The van der Waals surface area contributed by atoms with E-state index in [1.165, 1.54) is 6.07 Å². The molecular formula is C15H19N3O4. The second-order valence-electron chi connectivity index (χ2n) is 5.98. The first-order valence-corrected chi connectivity index (χ1v) is 6.86. The topological polar surface area (TPSA) is 104 Å². The standard InChI is InChI=1S/C15H19N3O4/c1-8-17-11-9(7-16-14(21)22-15(2,3)4)5-6-10(13(19)20)12(11)18-8/h5-6H,7H2,1-4H3,(H,16,21)(H,17,18)(H,19,20). The van der Waals surface area contributed by atoms with Gasteiger partial charge in [-0.15, -0.1) is 0 Å². The van der Waals surface area contributed by atoms with Gasteiger partial charge in [0.05, 0.1) is 16.6 Å². The summed E-state index contributed by atoms with van der Waals surface area (Å²) in [6, 6.07) is 3.14. The fraction of sp³-hybridized carbons (Fsp3) is 0.400. The number of benzene rings is 1. The molecule has 0 saturated heterocycles. The zero-order chi connectivity index (χ0) is 16.5. The summed E-state index contributed by atoms with van der Waals surface area (Å²) in [5.41, 5.74) is 1.28. The molecule has 118 valence electrons. The van der Waals surface area contributed by atoms with Crippen LogP contribution in [0.3, 0.4) is 0 Å². The number of hydrogen-bond donors (Lipinski definition) is 3. The Balaban J connectivity index is 2.24. The highest BCUT2D eigenvalue weighted by molar-refractivity contribution is 6.01. The Hall–Kier alpha value is -2.57. The summed E-state index contributed by atoms with van der Waals surface area (Å²) in [6.07, 6.45) is -0.532. The van der Waals surface area contributed by atoms with Crippen molar-refractivity contribution in [3.63, 3.8) is 0 Å². The van der Waals surface area contributed by atoms with E-state index in [2.05, 4.69) is 15.3 Å². The molecule has 3 N–H and O–H groups in total. The van der Waals surface area contributed by atoms with Crippen LogP contribution in [0.25, 0.3) is 11.0 Å². The molecule has 1 aromatic carbocycles. The van der Waals surface area contributed by atoms with Gasteiger partial charge in [0.1, 0.15) is 11.4 Å². The van der Waals surface area contributed by atoms with Gasteiger partial charge in [-0.3, -0.25) is 0 Å². The molecule has 0 spiro atoms. The molecule has 0 unspecified atom stereocenters. The Morgan fingerprint density at radius 2 is 2.05 bits per heavy atom. The number of aromatic amines is 1. The van der Waals surface area contributed by atoms with Gasteiger partial charge in [-0.05, 0) is 39.3 Å². The number of carbonyl (C=O) groups excluding carboxylic acids is 1. The molecule has 0 radical (unpaired) electrons. The van der Waals surface area contributed by atoms with Crippen molar-refractivity contribution in [2.75, 3.05) is 0 Å². The quantitative estimate of drug-likeness (QED) is 0.808. The summed E-state index contributed by atoms with van der Waals surface area (Å²) >= 11 is 0. The summed E-state index contributed by atoms with van der Waals surface area (Å²) in [4.78, 5) is 30.1. The van der Waals surface area contributed by atoms with Crippen LogP contribution in [0, 0.1) is 6.92 Å². The fourth-order valence-electron chi connectivity index (χ4n) is 2.07. The predicted octanol–water partition coefficient (Wildman–Crippen LogP) is 2.59. The van der Waals surface area contributed by atoms with Crippen LogP contribution in [0.5, 0.6) is 0 Å². The molecule has 0 bridgehead atoms. The third kappa shape index (κ3) is 3.55. The summed E-state index contributed by atoms with van der Waals surface area (Å²) in [7, 11) is 0. The van der Waals surface area contributed by atoms with Gasteiger partial charge >= 0.3 is 12.1 Å². The number of aromatic nitrogens is 2. The van der Waals surface area contributed by atoms with E-state index in [4.69, 9.17) is 4.74 Å². The first-order chi connectivity index (χ1) is 10.2. The number of amides is 1. The van der Waals surface area contributed by atoms with Crippen LogP contribution in [0.4, 0.5) is 4.79 Å². The van der Waals surface area contributed by atoms with Gasteiger partial charge in [0, 0.05) is 6.54 Å². The monoisotopic (exact) mass is 305 g/mol. The van der Waals surface area contributed by atoms with Crippen molar-refractivity contribution in [2.24, 2.45) is 0 Å². The highest BCUT2D eigenvalue weighted by Gasteiger charge is 2.18. The Bertz CT molecular complexity index is 728. The minimum atomic E-state index is -1.03.